The molecule has 2 aliphatic carbocycles. The molecule has 0 bridgehead atoms. The van der Waals surface area contributed by atoms with Crippen LogP contribution in [0.4, 0.5) is 0 Å². The van der Waals surface area contributed by atoms with Crippen LogP contribution in [0.1, 0.15) is 85.9 Å². The van der Waals surface area contributed by atoms with Gasteiger partial charge in [-0.2, -0.15) is 0 Å². The van der Waals surface area contributed by atoms with Gasteiger partial charge in [-0.3, -0.25) is 4.79 Å². The summed E-state index contributed by atoms with van der Waals surface area (Å²) in [6.07, 6.45) is 14.6. The lowest BCUT2D eigenvalue weighted by Gasteiger charge is -2.36. The van der Waals surface area contributed by atoms with Crippen LogP contribution in [0, 0.1) is 26.7 Å². The van der Waals surface area contributed by atoms with Crippen molar-refractivity contribution in [2.24, 2.45) is 5.92 Å². The van der Waals surface area contributed by atoms with E-state index in [0.29, 0.717) is 18.5 Å². The van der Waals surface area contributed by atoms with Gasteiger partial charge in [-0.15, -0.1) is 0 Å². The summed E-state index contributed by atoms with van der Waals surface area (Å²) in [5.74, 6) is 1.64. The number of rotatable bonds is 6. The van der Waals surface area contributed by atoms with Crippen molar-refractivity contribution in [3.05, 3.63) is 52.6 Å². The molecule has 0 spiro atoms. The van der Waals surface area contributed by atoms with Gasteiger partial charge in [0, 0.05) is 30.9 Å². The Morgan fingerprint density at radius 3 is 2.30 bits per heavy atom. The average Bonchev–Trinajstić information content (AvgIpc) is 3.41. The normalized spacial score (nSPS) is 18.1. The molecule has 2 fully saturated rings. The molecular formula is C26H37N3O. The number of hydrogen-bond donors (Lipinski definition) is 0. The third kappa shape index (κ3) is 4.63. The molecule has 1 heterocycles. The van der Waals surface area contributed by atoms with E-state index in [1.807, 2.05) is 6.20 Å². The van der Waals surface area contributed by atoms with Crippen LogP contribution in [0.25, 0.3) is 0 Å². The van der Waals surface area contributed by atoms with Crippen molar-refractivity contribution in [1.82, 2.24) is 14.5 Å². The summed E-state index contributed by atoms with van der Waals surface area (Å²) in [6, 6.07) is 4.91. The first-order valence-electron chi connectivity index (χ1n) is 11.9. The van der Waals surface area contributed by atoms with Gasteiger partial charge >= 0.3 is 0 Å². The molecule has 2 aromatic rings. The molecule has 0 aliphatic heterocycles. The molecule has 0 radical (unpaired) electrons. The maximum Gasteiger partial charge on any atom is 0.226 e. The van der Waals surface area contributed by atoms with E-state index in [0.717, 1.165) is 38.1 Å². The summed E-state index contributed by atoms with van der Waals surface area (Å²) in [5, 5.41) is 0. The Bertz CT molecular complexity index is 849. The maximum absolute atomic E-state index is 13.5. The molecule has 0 unspecified atom stereocenters. The predicted molar refractivity (Wildman–Crippen MR) is 121 cm³/mol. The number of carbonyl (C=O) groups is 1. The lowest BCUT2D eigenvalue weighted by molar-refractivity contribution is -0.139. The minimum Gasteiger partial charge on any atom is -0.332 e. The number of amides is 1. The number of imidazole rings is 1. The molecule has 1 amide bonds. The first kappa shape index (κ1) is 21.1. The molecule has 4 heteroatoms. The van der Waals surface area contributed by atoms with E-state index in [1.54, 1.807) is 0 Å². The van der Waals surface area contributed by atoms with Gasteiger partial charge in [0.05, 0.1) is 6.54 Å². The fourth-order valence-electron chi connectivity index (χ4n) is 5.60. The van der Waals surface area contributed by atoms with E-state index in [1.165, 1.54) is 54.4 Å². The Kier molecular flexibility index (Phi) is 6.60. The van der Waals surface area contributed by atoms with Crippen LogP contribution in [0.3, 0.4) is 0 Å². The Balaban J connectivity index is 1.57. The standard InChI is InChI=1S/C26H37N3O/c1-19-15-20(2)24(21(3)16-19)17-28-14-13-27-25(28)18-29(23-11-5-4-6-12-23)26(30)22-9-7-8-10-22/h13-16,22-23H,4-12,17-18H2,1-3H3. The van der Waals surface area contributed by atoms with Crippen LogP contribution < -0.4 is 0 Å². The van der Waals surface area contributed by atoms with E-state index < -0.39 is 0 Å². The lowest BCUT2D eigenvalue weighted by atomic mass is 9.92. The third-order valence-electron chi connectivity index (χ3n) is 7.29. The highest BCUT2D eigenvalue weighted by atomic mass is 16.2. The molecule has 1 aromatic carbocycles. The van der Waals surface area contributed by atoms with Crippen LogP contribution in [0.2, 0.25) is 0 Å². The Labute approximate surface area is 181 Å². The summed E-state index contributed by atoms with van der Waals surface area (Å²) in [7, 11) is 0. The topological polar surface area (TPSA) is 38.1 Å². The smallest absolute Gasteiger partial charge is 0.226 e. The first-order chi connectivity index (χ1) is 14.5. The summed E-state index contributed by atoms with van der Waals surface area (Å²) < 4.78 is 2.25. The highest BCUT2D eigenvalue weighted by Gasteiger charge is 2.33. The van der Waals surface area contributed by atoms with Crippen LogP contribution in [-0.2, 0) is 17.9 Å². The van der Waals surface area contributed by atoms with Gasteiger partial charge in [-0.25, -0.2) is 4.98 Å². The quantitative estimate of drug-likeness (QED) is 0.615. The molecular weight excluding hydrogens is 370 g/mol. The van der Waals surface area contributed by atoms with Gasteiger partial charge < -0.3 is 9.47 Å². The molecule has 1 aromatic heterocycles. The number of benzene rings is 1. The minimum absolute atomic E-state index is 0.233. The zero-order valence-corrected chi connectivity index (χ0v) is 19.0. The van der Waals surface area contributed by atoms with Crippen molar-refractivity contribution in [3.8, 4) is 0 Å². The van der Waals surface area contributed by atoms with Gasteiger partial charge in [0.1, 0.15) is 5.82 Å². The second-order valence-electron chi connectivity index (χ2n) is 9.59. The first-order valence-corrected chi connectivity index (χ1v) is 11.9. The zero-order valence-electron chi connectivity index (χ0n) is 19.0. The van der Waals surface area contributed by atoms with Crippen LogP contribution >= 0.6 is 0 Å². The van der Waals surface area contributed by atoms with E-state index in [4.69, 9.17) is 4.98 Å². The monoisotopic (exact) mass is 407 g/mol. The van der Waals surface area contributed by atoms with Crippen molar-refractivity contribution in [1.29, 1.82) is 0 Å². The highest BCUT2D eigenvalue weighted by molar-refractivity contribution is 5.79. The Hall–Kier alpha value is -2.10. The second kappa shape index (κ2) is 9.36. The second-order valence-corrected chi connectivity index (χ2v) is 9.59. The van der Waals surface area contributed by atoms with Gasteiger partial charge in [0.2, 0.25) is 5.91 Å². The van der Waals surface area contributed by atoms with Gasteiger partial charge in [0.15, 0.2) is 0 Å². The summed E-state index contributed by atoms with van der Waals surface area (Å²) in [4.78, 5) is 20.4. The number of hydrogen-bond acceptors (Lipinski definition) is 2. The third-order valence-corrected chi connectivity index (χ3v) is 7.29. The zero-order chi connectivity index (χ0) is 21.1. The summed E-state index contributed by atoms with van der Waals surface area (Å²) >= 11 is 0. The minimum atomic E-state index is 0.233. The van der Waals surface area contributed by atoms with Gasteiger partial charge in [0.25, 0.3) is 0 Å². The molecule has 30 heavy (non-hydrogen) atoms. The van der Waals surface area contributed by atoms with Crippen molar-refractivity contribution in [3.63, 3.8) is 0 Å². The Morgan fingerprint density at radius 1 is 1.00 bits per heavy atom. The molecule has 0 saturated heterocycles. The van der Waals surface area contributed by atoms with Crippen molar-refractivity contribution in [2.75, 3.05) is 0 Å². The van der Waals surface area contributed by atoms with Crippen molar-refractivity contribution < 1.29 is 4.79 Å². The molecule has 2 saturated carbocycles. The molecule has 162 valence electrons. The van der Waals surface area contributed by atoms with Crippen LogP contribution in [0.15, 0.2) is 24.5 Å². The summed E-state index contributed by atoms with van der Waals surface area (Å²) in [5.41, 5.74) is 5.34. The van der Waals surface area contributed by atoms with Crippen LogP contribution in [-0.4, -0.2) is 26.4 Å². The fraction of sp³-hybridized carbons (Fsp3) is 0.615. The highest BCUT2D eigenvalue weighted by Crippen LogP contribution is 2.31. The van der Waals surface area contributed by atoms with E-state index in [2.05, 4.69) is 48.6 Å². The largest absolute Gasteiger partial charge is 0.332 e. The molecule has 0 atom stereocenters. The average molecular weight is 408 g/mol. The van der Waals surface area contributed by atoms with Crippen molar-refractivity contribution in [2.45, 2.75) is 97.7 Å². The lowest BCUT2D eigenvalue weighted by Crippen LogP contribution is -2.44. The predicted octanol–water partition coefficient (Wildman–Crippen LogP) is 5.71. The number of carbonyl (C=O) groups excluding carboxylic acids is 1. The summed E-state index contributed by atoms with van der Waals surface area (Å²) in [6.45, 7) is 8.03. The molecule has 4 rings (SSSR count). The maximum atomic E-state index is 13.5. The van der Waals surface area contributed by atoms with E-state index in [-0.39, 0.29) is 5.92 Å². The molecule has 0 N–H and O–H groups in total. The number of nitrogens with zero attached hydrogens (tertiary/aromatic N) is 3. The molecule has 4 nitrogen and oxygen atoms in total. The number of aromatic nitrogens is 2. The fourth-order valence-corrected chi connectivity index (χ4v) is 5.60. The van der Waals surface area contributed by atoms with E-state index >= 15 is 0 Å². The van der Waals surface area contributed by atoms with Gasteiger partial charge in [-0.05, 0) is 63.1 Å². The van der Waals surface area contributed by atoms with Crippen LogP contribution in [0.5, 0.6) is 0 Å². The number of aryl methyl sites for hydroxylation is 3. The van der Waals surface area contributed by atoms with Crippen molar-refractivity contribution >= 4 is 5.91 Å². The Morgan fingerprint density at radius 2 is 1.63 bits per heavy atom. The SMILES string of the molecule is Cc1cc(C)c(Cn2ccnc2CN(C(=O)C2CCCC2)C2CCCCC2)c(C)c1. The van der Waals surface area contributed by atoms with Gasteiger partial charge in [-0.1, -0.05) is 49.8 Å². The molecule has 2 aliphatic rings. The van der Waals surface area contributed by atoms with E-state index in [9.17, 15) is 4.79 Å².